The lowest BCUT2D eigenvalue weighted by atomic mass is 10.3. The topological polar surface area (TPSA) is 63.9 Å². The lowest BCUT2D eigenvalue weighted by Crippen LogP contribution is -1.95. The summed E-state index contributed by atoms with van der Waals surface area (Å²) in [5, 5.41) is 12.1. The third-order valence-electron chi connectivity index (χ3n) is 1.51. The molecule has 0 fully saturated rings. The summed E-state index contributed by atoms with van der Waals surface area (Å²) in [5.74, 6) is 0.589. The van der Waals surface area contributed by atoms with Gasteiger partial charge in [0.15, 0.2) is 0 Å². The first kappa shape index (κ1) is 11.5. The number of hydrogen-bond donors (Lipinski definition) is 1. The molecule has 5 heteroatoms. The number of pyridine rings is 1. The van der Waals surface area contributed by atoms with E-state index in [1.807, 2.05) is 13.0 Å². The molecule has 0 aromatic carbocycles. The van der Waals surface area contributed by atoms with Gasteiger partial charge in [0.2, 0.25) is 5.88 Å². The SMILES string of the molecule is CCOc1ccc(C=NOCCO)cn1. The van der Waals surface area contributed by atoms with Crippen LogP contribution in [0.15, 0.2) is 23.5 Å². The zero-order chi connectivity index (χ0) is 10.9. The summed E-state index contributed by atoms with van der Waals surface area (Å²) < 4.78 is 5.18. The molecule has 0 bridgehead atoms. The Hall–Kier alpha value is -1.62. The van der Waals surface area contributed by atoms with Crippen LogP contribution in [0.4, 0.5) is 0 Å². The highest BCUT2D eigenvalue weighted by molar-refractivity contribution is 5.78. The summed E-state index contributed by atoms with van der Waals surface area (Å²) in [4.78, 5) is 8.77. The van der Waals surface area contributed by atoms with Gasteiger partial charge in [-0.15, -0.1) is 0 Å². The molecule has 0 saturated carbocycles. The first-order chi connectivity index (χ1) is 7.36. The van der Waals surface area contributed by atoms with Crippen LogP contribution >= 0.6 is 0 Å². The Morgan fingerprint density at radius 1 is 1.53 bits per heavy atom. The summed E-state index contributed by atoms with van der Waals surface area (Å²) >= 11 is 0. The first-order valence-corrected chi connectivity index (χ1v) is 4.72. The minimum atomic E-state index is -0.0428. The van der Waals surface area contributed by atoms with Gasteiger partial charge in [0.05, 0.1) is 19.4 Å². The lowest BCUT2D eigenvalue weighted by Gasteiger charge is -2.00. The fourth-order valence-electron chi connectivity index (χ4n) is 0.893. The van der Waals surface area contributed by atoms with E-state index in [-0.39, 0.29) is 13.2 Å². The van der Waals surface area contributed by atoms with Crippen LogP contribution in [0.3, 0.4) is 0 Å². The number of aliphatic hydroxyl groups is 1. The Bertz CT molecular complexity index is 298. The molecule has 0 radical (unpaired) electrons. The van der Waals surface area contributed by atoms with Crippen LogP contribution in [0.2, 0.25) is 0 Å². The molecule has 0 aliphatic carbocycles. The molecule has 0 unspecified atom stereocenters. The van der Waals surface area contributed by atoms with Crippen molar-refractivity contribution in [2.75, 3.05) is 19.8 Å². The van der Waals surface area contributed by atoms with Gasteiger partial charge in [-0.25, -0.2) is 4.98 Å². The summed E-state index contributed by atoms with van der Waals surface area (Å²) in [7, 11) is 0. The average molecular weight is 210 g/mol. The van der Waals surface area contributed by atoms with Crippen LogP contribution < -0.4 is 4.74 Å². The van der Waals surface area contributed by atoms with Crippen LogP contribution in [-0.4, -0.2) is 36.1 Å². The van der Waals surface area contributed by atoms with Crippen molar-refractivity contribution in [1.29, 1.82) is 0 Å². The third kappa shape index (κ3) is 4.42. The van der Waals surface area contributed by atoms with Crippen molar-refractivity contribution < 1.29 is 14.7 Å². The zero-order valence-electron chi connectivity index (χ0n) is 8.59. The number of aromatic nitrogens is 1. The third-order valence-corrected chi connectivity index (χ3v) is 1.51. The summed E-state index contributed by atoms with van der Waals surface area (Å²) in [5.41, 5.74) is 0.816. The number of hydrogen-bond acceptors (Lipinski definition) is 5. The van der Waals surface area contributed by atoms with Crippen molar-refractivity contribution >= 4 is 6.21 Å². The van der Waals surface area contributed by atoms with Gasteiger partial charge in [0.1, 0.15) is 6.61 Å². The van der Waals surface area contributed by atoms with Crippen molar-refractivity contribution in [1.82, 2.24) is 4.98 Å². The van der Waals surface area contributed by atoms with E-state index in [0.717, 1.165) is 5.56 Å². The predicted octanol–water partition coefficient (Wildman–Crippen LogP) is 0.823. The molecule has 1 N–H and O–H groups in total. The van der Waals surface area contributed by atoms with E-state index in [2.05, 4.69) is 10.1 Å². The van der Waals surface area contributed by atoms with Crippen molar-refractivity contribution in [2.45, 2.75) is 6.92 Å². The molecule has 15 heavy (non-hydrogen) atoms. The van der Waals surface area contributed by atoms with Crippen LogP contribution in [0.25, 0.3) is 0 Å². The molecule has 1 heterocycles. The van der Waals surface area contributed by atoms with Gasteiger partial charge >= 0.3 is 0 Å². The van der Waals surface area contributed by atoms with E-state index >= 15 is 0 Å². The smallest absolute Gasteiger partial charge is 0.213 e. The highest BCUT2D eigenvalue weighted by atomic mass is 16.6. The Balaban J connectivity index is 2.45. The van der Waals surface area contributed by atoms with Crippen molar-refractivity contribution in [3.05, 3.63) is 23.9 Å². The van der Waals surface area contributed by atoms with E-state index in [1.54, 1.807) is 12.3 Å². The first-order valence-electron chi connectivity index (χ1n) is 4.72. The molecular weight excluding hydrogens is 196 g/mol. The van der Waals surface area contributed by atoms with Crippen LogP contribution in [0.5, 0.6) is 5.88 Å². The van der Waals surface area contributed by atoms with Gasteiger partial charge in [0.25, 0.3) is 0 Å². The number of oxime groups is 1. The minimum Gasteiger partial charge on any atom is -0.478 e. The summed E-state index contributed by atoms with van der Waals surface area (Å²) in [6.45, 7) is 2.65. The maximum atomic E-state index is 8.43. The van der Waals surface area contributed by atoms with Gasteiger partial charge in [-0.2, -0.15) is 0 Å². The summed E-state index contributed by atoms with van der Waals surface area (Å²) in [6.07, 6.45) is 3.16. The highest BCUT2D eigenvalue weighted by Gasteiger charge is 1.93. The molecule has 0 spiro atoms. The van der Waals surface area contributed by atoms with Crippen molar-refractivity contribution in [3.63, 3.8) is 0 Å². The Kier molecular flexibility index (Phi) is 5.18. The Labute approximate surface area is 88.3 Å². The largest absolute Gasteiger partial charge is 0.478 e. The number of rotatable bonds is 6. The van der Waals surface area contributed by atoms with Crippen molar-refractivity contribution in [3.8, 4) is 5.88 Å². The zero-order valence-corrected chi connectivity index (χ0v) is 8.59. The Morgan fingerprint density at radius 3 is 3.00 bits per heavy atom. The molecule has 0 saturated heterocycles. The van der Waals surface area contributed by atoms with E-state index in [1.165, 1.54) is 6.21 Å². The van der Waals surface area contributed by atoms with E-state index in [9.17, 15) is 0 Å². The monoisotopic (exact) mass is 210 g/mol. The highest BCUT2D eigenvalue weighted by Crippen LogP contribution is 2.05. The molecule has 0 aliphatic rings. The maximum absolute atomic E-state index is 8.43. The van der Waals surface area contributed by atoms with Gasteiger partial charge < -0.3 is 14.7 Å². The molecule has 0 aliphatic heterocycles. The van der Waals surface area contributed by atoms with Gasteiger partial charge in [-0.1, -0.05) is 5.16 Å². The fourth-order valence-corrected chi connectivity index (χ4v) is 0.893. The van der Waals surface area contributed by atoms with Crippen LogP contribution in [0.1, 0.15) is 12.5 Å². The second kappa shape index (κ2) is 6.78. The fraction of sp³-hybridized carbons (Fsp3) is 0.400. The molecular formula is C10H14N2O3. The van der Waals surface area contributed by atoms with Crippen LogP contribution in [-0.2, 0) is 4.84 Å². The standard InChI is InChI=1S/C10H14N2O3/c1-2-14-10-4-3-9(7-11-10)8-12-15-6-5-13/h3-4,7-8,13H,2,5-6H2,1H3. The molecule has 1 rings (SSSR count). The van der Waals surface area contributed by atoms with E-state index in [4.69, 9.17) is 14.7 Å². The second-order valence-electron chi connectivity index (χ2n) is 2.65. The predicted molar refractivity (Wildman–Crippen MR) is 56.0 cm³/mol. The van der Waals surface area contributed by atoms with E-state index in [0.29, 0.717) is 12.5 Å². The molecule has 82 valence electrons. The van der Waals surface area contributed by atoms with Crippen LogP contribution in [0, 0.1) is 0 Å². The van der Waals surface area contributed by atoms with Crippen molar-refractivity contribution in [2.24, 2.45) is 5.16 Å². The number of nitrogens with zero attached hydrogens (tertiary/aromatic N) is 2. The molecule has 5 nitrogen and oxygen atoms in total. The molecule has 0 atom stereocenters. The number of aliphatic hydroxyl groups excluding tert-OH is 1. The van der Waals surface area contributed by atoms with Gasteiger partial charge in [-0.3, -0.25) is 0 Å². The number of ether oxygens (including phenoxy) is 1. The quantitative estimate of drug-likeness (QED) is 0.429. The minimum absolute atomic E-state index is 0.0428. The second-order valence-corrected chi connectivity index (χ2v) is 2.65. The molecule has 1 aromatic heterocycles. The van der Waals surface area contributed by atoms with Gasteiger partial charge in [0, 0.05) is 17.8 Å². The maximum Gasteiger partial charge on any atom is 0.213 e. The Morgan fingerprint density at radius 2 is 2.40 bits per heavy atom. The lowest BCUT2D eigenvalue weighted by molar-refractivity contribution is 0.0997. The normalized spacial score (nSPS) is 10.5. The summed E-state index contributed by atoms with van der Waals surface area (Å²) in [6, 6.07) is 3.58. The molecule has 1 aromatic rings. The van der Waals surface area contributed by atoms with Gasteiger partial charge in [-0.05, 0) is 13.0 Å². The average Bonchev–Trinajstić information content (AvgIpc) is 2.27. The van der Waals surface area contributed by atoms with E-state index < -0.39 is 0 Å². The molecule has 0 amide bonds.